The number of carbonyl (C=O) groups is 1. The van der Waals surface area contributed by atoms with E-state index >= 15 is 0 Å². The molecule has 3 nitrogen and oxygen atoms in total. The Morgan fingerprint density at radius 1 is 1.41 bits per heavy atom. The van der Waals surface area contributed by atoms with Crippen LogP contribution in [0, 0.1) is 0 Å². The fraction of sp³-hybridized carbons (Fsp3) is 0.462. The zero-order valence-corrected chi connectivity index (χ0v) is 12.2. The highest BCUT2D eigenvalue weighted by molar-refractivity contribution is 9.10. The second kappa shape index (κ2) is 5.54. The lowest BCUT2D eigenvalue weighted by Gasteiger charge is -2.22. The number of rotatable bonds is 4. The first-order valence-corrected chi connectivity index (χ1v) is 6.28. The van der Waals surface area contributed by atoms with Gasteiger partial charge in [0.1, 0.15) is 5.75 Å². The lowest BCUT2D eigenvalue weighted by atomic mass is 10.1. The normalized spacial score (nSPS) is 13.0. The minimum absolute atomic E-state index is 0.0455. The van der Waals surface area contributed by atoms with Crippen LogP contribution in [0.5, 0.6) is 5.75 Å². The molecule has 1 atom stereocenters. The second-order valence-corrected chi connectivity index (χ2v) is 6.39. The van der Waals surface area contributed by atoms with Gasteiger partial charge < -0.3 is 10.1 Å². The van der Waals surface area contributed by atoms with E-state index in [2.05, 4.69) is 21.2 Å². The third kappa shape index (κ3) is 3.73. The van der Waals surface area contributed by atoms with Gasteiger partial charge in [0.25, 0.3) is 0 Å². The Balaban J connectivity index is 2.83. The molecular weight excluding hydrogens is 282 g/mol. The number of ether oxygens (including phenoxy) is 1. The van der Waals surface area contributed by atoms with E-state index in [1.165, 1.54) is 0 Å². The average molecular weight is 300 g/mol. The molecule has 0 saturated carbocycles. The molecule has 1 rings (SSSR count). The predicted octanol–water partition coefficient (Wildman–Crippen LogP) is 3.05. The number of methoxy groups -OCH3 is 1. The number of alkyl halides is 1. The summed E-state index contributed by atoms with van der Waals surface area (Å²) >= 11 is 3.34. The molecule has 1 N–H and O–H groups in total. The lowest BCUT2D eigenvalue weighted by Crippen LogP contribution is -2.38. The van der Waals surface area contributed by atoms with Crippen LogP contribution in [-0.4, -0.2) is 17.3 Å². The zero-order valence-electron chi connectivity index (χ0n) is 10.6. The van der Waals surface area contributed by atoms with Crippen molar-refractivity contribution < 1.29 is 9.53 Å². The van der Waals surface area contributed by atoms with Crippen molar-refractivity contribution in [2.45, 2.75) is 31.1 Å². The first kappa shape index (κ1) is 14.0. The van der Waals surface area contributed by atoms with Gasteiger partial charge in [0.15, 0.2) is 0 Å². The molecule has 0 bridgehead atoms. The number of nitrogens with one attached hydrogen (secondary N) is 1. The SMILES string of the molecule is COc1ccccc1[C@@H](C)NC(=O)C(C)(C)Br. The van der Waals surface area contributed by atoms with E-state index in [-0.39, 0.29) is 11.9 Å². The smallest absolute Gasteiger partial charge is 0.236 e. The highest BCUT2D eigenvalue weighted by Gasteiger charge is 2.25. The Labute approximate surface area is 111 Å². The van der Waals surface area contributed by atoms with Gasteiger partial charge in [-0.05, 0) is 26.8 Å². The standard InChI is InChI=1S/C13H18BrNO2/c1-9(15-12(16)13(2,3)14)10-7-5-6-8-11(10)17-4/h5-9H,1-4H3,(H,15,16)/t9-/m1/s1. The molecule has 1 aromatic carbocycles. The van der Waals surface area contributed by atoms with E-state index in [0.29, 0.717) is 0 Å². The maximum Gasteiger partial charge on any atom is 0.236 e. The monoisotopic (exact) mass is 299 g/mol. The van der Waals surface area contributed by atoms with E-state index in [4.69, 9.17) is 4.74 Å². The zero-order chi connectivity index (χ0) is 13.1. The molecule has 94 valence electrons. The summed E-state index contributed by atoms with van der Waals surface area (Å²) < 4.78 is 4.70. The van der Waals surface area contributed by atoms with Gasteiger partial charge in [-0.1, -0.05) is 34.1 Å². The van der Waals surface area contributed by atoms with Crippen LogP contribution in [0.1, 0.15) is 32.4 Å². The van der Waals surface area contributed by atoms with Gasteiger partial charge in [-0.25, -0.2) is 0 Å². The third-order valence-corrected chi connectivity index (χ3v) is 2.85. The highest BCUT2D eigenvalue weighted by atomic mass is 79.9. The van der Waals surface area contributed by atoms with Gasteiger partial charge in [0, 0.05) is 5.56 Å². The van der Waals surface area contributed by atoms with Gasteiger partial charge in [0.05, 0.1) is 17.5 Å². The summed E-state index contributed by atoms with van der Waals surface area (Å²) in [4.78, 5) is 11.8. The van der Waals surface area contributed by atoms with Gasteiger partial charge in [-0.3, -0.25) is 4.79 Å². The minimum atomic E-state index is -0.566. The molecule has 0 unspecified atom stereocenters. The number of hydrogen-bond donors (Lipinski definition) is 1. The molecule has 0 aromatic heterocycles. The molecule has 0 fully saturated rings. The van der Waals surface area contributed by atoms with Gasteiger partial charge >= 0.3 is 0 Å². The van der Waals surface area contributed by atoms with E-state index in [9.17, 15) is 4.79 Å². The Hall–Kier alpha value is -1.03. The topological polar surface area (TPSA) is 38.3 Å². The Bertz CT molecular complexity index is 399. The number of carbonyl (C=O) groups excluding carboxylic acids is 1. The van der Waals surface area contributed by atoms with Crippen molar-refractivity contribution in [1.82, 2.24) is 5.32 Å². The molecule has 4 heteroatoms. The predicted molar refractivity (Wildman–Crippen MR) is 72.6 cm³/mol. The van der Waals surface area contributed by atoms with Crippen molar-refractivity contribution in [1.29, 1.82) is 0 Å². The van der Waals surface area contributed by atoms with Crippen molar-refractivity contribution in [2.75, 3.05) is 7.11 Å². The molecular formula is C13H18BrNO2. The van der Waals surface area contributed by atoms with Crippen LogP contribution < -0.4 is 10.1 Å². The maximum absolute atomic E-state index is 11.8. The van der Waals surface area contributed by atoms with Crippen molar-refractivity contribution >= 4 is 21.8 Å². The summed E-state index contributed by atoms with van der Waals surface area (Å²) in [7, 11) is 1.63. The van der Waals surface area contributed by atoms with Crippen LogP contribution in [0.3, 0.4) is 0 Å². The van der Waals surface area contributed by atoms with Crippen LogP contribution in [0.4, 0.5) is 0 Å². The maximum atomic E-state index is 11.8. The Kier molecular flexibility index (Phi) is 4.57. The van der Waals surface area contributed by atoms with E-state index in [1.807, 2.05) is 45.0 Å². The van der Waals surface area contributed by atoms with Gasteiger partial charge in [0.2, 0.25) is 5.91 Å². The first-order chi connectivity index (χ1) is 7.86. The lowest BCUT2D eigenvalue weighted by molar-refractivity contribution is -0.123. The summed E-state index contributed by atoms with van der Waals surface area (Å²) in [5.41, 5.74) is 0.972. The van der Waals surface area contributed by atoms with Crippen LogP contribution in [-0.2, 0) is 4.79 Å². The van der Waals surface area contributed by atoms with Crippen LogP contribution in [0.25, 0.3) is 0 Å². The average Bonchev–Trinajstić information content (AvgIpc) is 2.27. The summed E-state index contributed by atoms with van der Waals surface area (Å²) in [6.07, 6.45) is 0. The van der Waals surface area contributed by atoms with Gasteiger partial charge in [-0.2, -0.15) is 0 Å². The van der Waals surface area contributed by atoms with Crippen molar-refractivity contribution in [3.63, 3.8) is 0 Å². The largest absolute Gasteiger partial charge is 0.496 e. The second-order valence-electron chi connectivity index (χ2n) is 4.41. The molecule has 1 aromatic rings. The van der Waals surface area contributed by atoms with E-state index in [0.717, 1.165) is 11.3 Å². The number of halogens is 1. The number of benzene rings is 1. The molecule has 0 aliphatic carbocycles. The molecule has 0 radical (unpaired) electrons. The van der Waals surface area contributed by atoms with Crippen LogP contribution in [0.2, 0.25) is 0 Å². The first-order valence-electron chi connectivity index (χ1n) is 5.49. The Morgan fingerprint density at radius 2 is 2.00 bits per heavy atom. The molecule has 0 heterocycles. The van der Waals surface area contributed by atoms with Crippen LogP contribution >= 0.6 is 15.9 Å². The molecule has 17 heavy (non-hydrogen) atoms. The van der Waals surface area contributed by atoms with Crippen LogP contribution in [0.15, 0.2) is 24.3 Å². The van der Waals surface area contributed by atoms with Crippen molar-refractivity contribution in [2.24, 2.45) is 0 Å². The Morgan fingerprint density at radius 3 is 2.53 bits per heavy atom. The highest BCUT2D eigenvalue weighted by Crippen LogP contribution is 2.25. The summed E-state index contributed by atoms with van der Waals surface area (Å²) in [6, 6.07) is 7.59. The van der Waals surface area contributed by atoms with E-state index < -0.39 is 4.32 Å². The molecule has 0 spiro atoms. The fourth-order valence-electron chi connectivity index (χ4n) is 1.47. The summed E-state index contributed by atoms with van der Waals surface area (Å²) in [6.45, 7) is 5.57. The fourth-order valence-corrected chi connectivity index (χ4v) is 1.58. The van der Waals surface area contributed by atoms with Crippen molar-refractivity contribution in [3.05, 3.63) is 29.8 Å². The summed E-state index contributed by atoms with van der Waals surface area (Å²) in [5, 5.41) is 2.95. The van der Waals surface area contributed by atoms with Gasteiger partial charge in [-0.15, -0.1) is 0 Å². The number of amides is 1. The minimum Gasteiger partial charge on any atom is -0.496 e. The van der Waals surface area contributed by atoms with E-state index in [1.54, 1.807) is 7.11 Å². The quantitative estimate of drug-likeness (QED) is 0.868. The third-order valence-electron chi connectivity index (χ3n) is 2.49. The van der Waals surface area contributed by atoms with Crippen molar-refractivity contribution in [3.8, 4) is 5.75 Å². The number of hydrogen-bond acceptors (Lipinski definition) is 2. The molecule has 0 saturated heterocycles. The summed E-state index contributed by atoms with van der Waals surface area (Å²) in [5.74, 6) is 0.739. The molecule has 0 aliphatic heterocycles. The number of para-hydroxylation sites is 1. The molecule has 1 amide bonds. The molecule has 0 aliphatic rings.